The van der Waals surface area contributed by atoms with Crippen LogP contribution in [-0.4, -0.2) is 32.3 Å². The number of fused-ring (bicyclic) bond motifs is 1. The molecule has 1 aromatic carbocycles. The Hall–Kier alpha value is -1.06. The van der Waals surface area contributed by atoms with Crippen molar-refractivity contribution < 1.29 is 4.74 Å². The van der Waals surface area contributed by atoms with Gasteiger partial charge in [0.1, 0.15) is 0 Å². The first-order valence-corrected chi connectivity index (χ1v) is 8.49. The number of hydrogen-bond donors (Lipinski definition) is 1. The van der Waals surface area contributed by atoms with Gasteiger partial charge in [-0.25, -0.2) is 0 Å². The summed E-state index contributed by atoms with van der Waals surface area (Å²) in [5.41, 5.74) is 2.85. The summed E-state index contributed by atoms with van der Waals surface area (Å²) in [6, 6.07) is 9.93. The molecule has 0 spiro atoms. The van der Waals surface area contributed by atoms with Gasteiger partial charge in [0.15, 0.2) is 0 Å². The summed E-state index contributed by atoms with van der Waals surface area (Å²) in [7, 11) is 2.06. The van der Waals surface area contributed by atoms with Gasteiger partial charge in [-0.2, -0.15) is 0 Å². The Morgan fingerprint density at radius 3 is 2.90 bits per heavy atom. The normalized spacial score (nSPS) is 27.2. The molecule has 1 N–H and O–H groups in total. The molecule has 1 aliphatic heterocycles. The molecule has 3 rings (SSSR count). The fourth-order valence-electron chi connectivity index (χ4n) is 4.02. The van der Waals surface area contributed by atoms with E-state index in [1.165, 1.54) is 36.9 Å². The zero-order chi connectivity index (χ0) is 14.7. The zero-order valence-corrected chi connectivity index (χ0v) is 13.3. The minimum Gasteiger partial charge on any atom is -0.374 e. The zero-order valence-electron chi connectivity index (χ0n) is 13.3. The number of ether oxygens (including phenoxy) is 1. The Morgan fingerprint density at radius 1 is 1.29 bits per heavy atom. The maximum absolute atomic E-state index is 6.03. The quantitative estimate of drug-likeness (QED) is 0.917. The second-order valence-electron chi connectivity index (χ2n) is 6.26. The molecule has 3 unspecified atom stereocenters. The first kappa shape index (κ1) is 14.9. The van der Waals surface area contributed by atoms with E-state index in [0.717, 1.165) is 19.6 Å². The van der Waals surface area contributed by atoms with E-state index in [9.17, 15) is 0 Å². The molecule has 1 aromatic rings. The lowest BCUT2D eigenvalue weighted by atomic mass is 9.89. The van der Waals surface area contributed by atoms with Crippen LogP contribution in [-0.2, 0) is 4.74 Å². The van der Waals surface area contributed by atoms with Crippen molar-refractivity contribution in [2.75, 3.05) is 25.1 Å². The van der Waals surface area contributed by atoms with Crippen LogP contribution in [0.1, 0.15) is 50.6 Å². The highest BCUT2D eigenvalue weighted by Crippen LogP contribution is 2.35. The molecule has 3 heteroatoms. The van der Waals surface area contributed by atoms with Crippen LogP contribution in [0, 0.1) is 0 Å². The Bertz CT molecular complexity index is 456. The summed E-state index contributed by atoms with van der Waals surface area (Å²) < 4.78 is 6.03. The molecule has 1 saturated carbocycles. The average molecular weight is 288 g/mol. The third-order valence-corrected chi connectivity index (χ3v) is 5.11. The van der Waals surface area contributed by atoms with Crippen molar-refractivity contribution in [3.8, 4) is 0 Å². The van der Waals surface area contributed by atoms with Crippen LogP contribution in [0.25, 0.3) is 0 Å². The minimum absolute atomic E-state index is 0.436. The molecule has 2 fully saturated rings. The van der Waals surface area contributed by atoms with E-state index in [1.807, 2.05) is 0 Å². The summed E-state index contributed by atoms with van der Waals surface area (Å²) in [4.78, 5) is 2.63. The number of nitrogens with one attached hydrogen (secondary N) is 1. The van der Waals surface area contributed by atoms with Gasteiger partial charge in [0, 0.05) is 18.3 Å². The van der Waals surface area contributed by atoms with Crippen LogP contribution in [0.3, 0.4) is 0 Å². The first-order valence-electron chi connectivity index (χ1n) is 8.49. The van der Waals surface area contributed by atoms with Gasteiger partial charge in [-0.15, -0.1) is 0 Å². The number of hydrogen-bond acceptors (Lipinski definition) is 3. The Balaban J connectivity index is 1.91. The van der Waals surface area contributed by atoms with E-state index < -0.39 is 0 Å². The van der Waals surface area contributed by atoms with Gasteiger partial charge in [0.25, 0.3) is 0 Å². The van der Waals surface area contributed by atoms with Gasteiger partial charge in [0.2, 0.25) is 0 Å². The third-order valence-electron chi connectivity index (χ3n) is 5.11. The van der Waals surface area contributed by atoms with Crippen LogP contribution < -0.4 is 10.2 Å². The van der Waals surface area contributed by atoms with Crippen LogP contribution in [0.15, 0.2) is 24.3 Å². The number of rotatable bonds is 4. The van der Waals surface area contributed by atoms with E-state index in [1.54, 1.807) is 0 Å². The van der Waals surface area contributed by atoms with Crippen molar-refractivity contribution in [2.24, 2.45) is 0 Å². The van der Waals surface area contributed by atoms with E-state index in [-0.39, 0.29) is 0 Å². The van der Waals surface area contributed by atoms with Crippen molar-refractivity contribution in [1.29, 1.82) is 0 Å². The maximum Gasteiger partial charge on any atom is 0.0779 e. The fourth-order valence-corrected chi connectivity index (χ4v) is 4.02. The summed E-state index contributed by atoms with van der Waals surface area (Å²) in [6.45, 7) is 4.14. The van der Waals surface area contributed by atoms with Gasteiger partial charge in [-0.05, 0) is 37.9 Å². The first-order chi connectivity index (χ1) is 10.3. The lowest BCUT2D eigenvalue weighted by Gasteiger charge is -2.46. The Morgan fingerprint density at radius 2 is 2.10 bits per heavy atom. The van der Waals surface area contributed by atoms with E-state index >= 15 is 0 Å². The largest absolute Gasteiger partial charge is 0.374 e. The molecule has 3 atom stereocenters. The van der Waals surface area contributed by atoms with Crippen LogP contribution >= 0.6 is 0 Å². The van der Waals surface area contributed by atoms with E-state index in [2.05, 4.69) is 48.5 Å². The van der Waals surface area contributed by atoms with Crippen LogP contribution in [0.4, 0.5) is 5.69 Å². The van der Waals surface area contributed by atoms with Crippen molar-refractivity contribution >= 4 is 5.69 Å². The van der Waals surface area contributed by atoms with Crippen LogP contribution in [0.2, 0.25) is 0 Å². The second-order valence-corrected chi connectivity index (χ2v) is 6.26. The number of anilines is 1. The van der Waals surface area contributed by atoms with Gasteiger partial charge >= 0.3 is 0 Å². The standard InChI is InChI=1S/C18H28N2O/c1-3-15(19-2)14-8-4-5-9-16(14)20-12-13-21-18-11-7-6-10-17(18)20/h4-5,8-9,15,17-19H,3,6-7,10-13H2,1-2H3. The summed E-state index contributed by atoms with van der Waals surface area (Å²) in [5, 5.41) is 3.46. The number of nitrogens with zero attached hydrogens (tertiary/aromatic N) is 1. The molecule has 1 saturated heterocycles. The predicted octanol–water partition coefficient (Wildman–Crippen LogP) is 3.50. The van der Waals surface area contributed by atoms with Crippen molar-refractivity contribution in [3.05, 3.63) is 29.8 Å². The molecular weight excluding hydrogens is 260 g/mol. The maximum atomic E-state index is 6.03. The lowest BCUT2D eigenvalue weighted by molar-refractivity contribution is -0.00876. The Labute approximate surface area is 128 Å². The molecule has 1 heterocycles. The van der Waals surface area contributed by atoms with Crippen molar-refractivity contribution in [1.82, 2.24) is 5.32 Å². The highest BCUT2D eigenvalue weighted by atomic mass is 16.5. The molecule has 3 nitrogen and oxygen atoms in total. The molecule has 0 amide bonds. The van der Waals surface area contributed by atoms with E-state index in [4.69, 9.17) is 4.74 Å². The van der Waals surface area contributed by atoms with E-state index in [0.29, 0.717) is 18.2 Å². The van der Waals surface area contributed by atoms with Crippen molar-refractivity contribution in [3.63, 3.8) is 0 Å². The number of morpholine rings is 1. The molecule has 0 aromatic heterocycles. The SMILES string of the molecule is CCC(NC)c1ccccc1N1CCOC2CCCCC21. The molecule has 2 aliphatic rings. The number of para-hydroxylation sites is 1. The molecule has 1 aliphatic carbocycles. The summed E-state index contributed by atoms with van der Waals surface area (Å²) in [6.07, 6.45) is 6.72. The Kier molecular flexibility index (Phi) is 4.81. The third kappa shape index (κ3) is 2.95. The summed E-state index contributed by atoms with van der Waals surface area (Å²) in [5.74, 6) is 0. The second kappa shape index (κ2) is 6.80. The average Bonchev–Trinajstić information content (AvgIpc) is 2.56. The smallest absolute Gasteiger partial charge is 0.0779 e. The summed E-state index contributed by atoms with van der Waals surface area (Å²) >= 11 is 0. The van der Waals surface area contributed by atoms with Gasteiger partial charge in [-0.3, -0.25) is 0 Å². The minimum atomic E-state index is 0.436. The monoisotopic (exact) mass is 288 g/mol. The van der Waals surface area contributed by atoms with Gasteiger partial charge in [0.05, 0.1) is 18.8 Å². The highest BCUT2D eigenvalue weighted by molar-refractivity contribution is 5.56. The molecule has 0 bridgehead atoms. The number of benzene rings is 1. The van der Waals surface area contributed by atoms with Gasteiger partial charge < -0.3 is 15.0 Å². The van der Waals surface area contributed by atoms with Crippen LogP contribution in [0.5, 0.6) is 0 Å². The highest BCUT2D eigenvalue weighted by Gasteiger charge is 2.35. The van der Waals surface area contributed by atoms with Crippen molar-refractivity contribution in [2.45, 2.75) is 57.2 Å². The molecular formula is C18H28N2O. The molecule has 0 radical (unpaired) electrons. The molecule has 116 valence electrons. The lowest BCUT2D eigenvalue weighted by Crippen LogP contribution is -2.53. The molecule has 21 heavy (non-hydrogen) atoms. The predicted molar refractivity (Wildman–Crippen MR) is 87.9 cm³/mol. The van der Waals surface area contributed by atoms with Gasteiger partial charge in [-0.1, -0.05) is 38.0 Å². The fraction of sp³-hybridized carbons (Fsp3) is 0.667. The topological polar surface area (TPSA) is 24.5 Å².